The highest BCUT2D eigenvalue weighted by Gasteiger charge is 2.41. The Hall–Kier alpha value is -0.570. The summed E-state index contributed by atoms with van der Waals surface area (Å²) in [6.45, 7) is 12.1. The van der Waals surface area contributed by atoms with Crippen molar-refractivity contribution in [3.05, 3.63) is 0 Å². The van der Waals surface area contributed by atoms with Crippen molar-refractivity contribution >= 4 is 5.97 Å². The van der Waals surface area contributed by atoms with E-state index in [-0.39, 0.29) is 17.5 Å². The minimum absolute atomic E-state index is 0.0397. The minimum Gasteiger partial charge on any atom is -0.435 e. The third kappa shape index (κ3) is 4.47. The van der Waals surface area contributed by atoms with Crippen LogP contribution in [0.5, 0.6) is 0 Å². The Morgan fingerprint density at radius 3 is 2.20 bits per heavy atom. The predicted molar refractivity (Wildman–Crippen MR) is 81.4 cm³/mol. The van der Waals surface area contributed by atoms with Gasteiger partial charge in [-0.1, -0.05) is 33.1 Å². The molecular weight excluding hydrogens is 252 g/mol. The molecule has 3 nitrogen and oxygen atoms in total. The lowest BCUT2D eigenvalue weighted by molar-refractivity contribution is -0.232. The second-order valence-corrected chi connectivity index (χ2v) is 7.37. The molecule has 118 valence electrons. The molecule has 0 bridgehead atoms. The molecule has 0 aliphatic heterocycles. The zero-order valence-electron chi connectivity index (χ0n) is 14.1. The third-order valence-electron chi connectivity index (χ3n) is 4.61. The Morgan fingerprint density at radius 1 is 1.20 bits per heavy atom. The summed E-state index contributed by atoms with van der Waals surface area (Å²) in [7, 11) is 0. The fourth-order valence-electron chi connectivity index (χ4n) is 2.58. The van der Waals surface area contributed by atoms with Gasteiger partial charge in [-0.2, -0.15) is 0 Å². The van der Waals surface area contributed by atoms with Crippen molar-refractivity contribution in [2.75, 3.05) is 0 Å². The van der Waals surface area contributed by atoms with Crippen molar-refractivity contribution in [2.45, 2.75) is 92.5 Å². The van der Waals surface area contributed by atoms with Gasteiger partial charge in [0.2, 0.25) is 6.29 Å². The fourth-order valence-corrected chi connectivity index (χ4v) is 2.58. The summed E-state index contributed by atoms with van der Waals surface area (Å²) in [4.78, 5) is 12.4. The molecule has 1 aliphatic rings. The Morgan fingerprint density at radius 2 is 1.75 bits per heavy atom. The van der Waals surface area contributed by atoms with E-state index in [1.807, 2.05) is 34.6 Å². The van der Waals surface area contributed by atoms with Crippen LogP contribution in [-0.4, -0.2) is 18.4 Å². The second-order valence-electron chi connectivity index (χ2n) is 7.37. The lowest BCUT2D eigenvalue weighted by atomic mass is 9.75. The molecule has 0 aromatic heterocycles. The number of ether oxygens (including phenoxy) is 2. The van der Waals surface area contributed by atoms with Gasteiger partial charge in [0.05, 0.1) is 11.5 Å². The Kier molecular flexibility index (Phi) is 6.06. The summed E-state index contributed by atoms with van der Waals surface area (Å²) in [5.41, 5.74) is -0.481. The highest BCUT2D eigenvalue weighted by Crippen LogP contribution is 2.41. The standard InChI is InChI=1S/C17H32O3/c1-7-16(4,5)14(18)20-15(19-13(2)3)17(6)11-9-8-10-12-17/h13,15H,7-12H2,1-6H3. The quantitative estimate of drug-likeness (QED) is 0.524. The zero-order chi connectivity index (χ0) is 15.4. The van der Waals surface area contributed by atoms with E-state index in [4.69, 9.17) is 9.47 Å². The molecule has 0 N–H and O–H groups in total. The number of esters is 1. The van der Waals surface area contributed by atoms with E-state index >= 15 is 0 Å². The first-order chi connectivity index (χ1) is 9.21. The topological polar surface area (TPSA) is 35.5 Å². The normalized spacial score (nSPS) is 20.8. The van der Waals surface area contributed by atoms with Gasteiger partial charge in [0.25, 0.3) is 0 Å². The Bertz CT molecular complexity index is 314. The van der Waals surface area contributed by atoms with Crippen LogP contribution in [-0.2, 0) is 14.3 Å². The SMILES string of the molecule is CCC(C)(C)C(=O)OC(OC(C)C)C1(C)CCCCC1. The van der Waals surface area contributed by atoms with E-state index in [2.05, 4.69) is 6.92 Å². The summed E-state index contributed by atoms with van der Waals surface area (Å²) in [5.74, 6) is -0.141. The van der Waals surface area contributed by atoms with Crippen LogP contribution in [0.3, 0.4) is 0 Å². The number of carbonyl (C=O) groups is 1. The average molecular weight is 284 g/mol. The van der Waals surface area contributed by atoms with E-state index < -0.39 is 11.7 Å². The lowest BCUT2D eigenvalue weighted by Crippen LogP contribution is -2.43. The molecule has 0 radical (unpaired) electrons. The number of rotatable bonds is 6. The summed E-state index contributed by atoms with van der Waals surface area (Å²) < 4.78 is 11.8. The first-order valence-electron chi connectivity index (χ1n) is 8.08. The lowest BCUT2D eigenvalue weighted by Gasteiger charge is -2.41. The molecular formula is C17H32O3. The maximum absolute atomic E-state index is 12.4. The fraction of sp³-hybridized carbons (Fsp3) is 0.941. The molecule has 1 aliphatic carbocycles. The number of hydrogen-bond acceptors (Lipinski definition) is 3. The van der Waals surface area contributed by atoms with Crippen LogP contribution in [0.25, 0.3) is 0 Å². The molecule has 0 heterocycles. The Balaban J connectivity index is 2.81. The summed E-state index contributed by atoms with van der Waals surface area (Å²) >= 11 is 0. The van der Waals surface area contributed by atoms with E-state index in [0.717, 1.165) is 19.3 Å². The Labute approximate surface area is 124 Å². The molecule has 1 rings (SSSR count). The van der Waals surface area contributed by atoms with Gasteiger partial charge in [-0.3, -0.25) is 4.79 Å². The van der Waals surface area contributed by atoms with Crippen molar-refractivity contribution in [3.63, 3.8) is 0 Å². The highest BCUT2D eigenvalue weighted by atomic mass is 16.7. The van der Waals surface area contributed by atoms with Crippen LogP contribution in [0.4, 0.5) is 0 Å². The molecule has 1 saturated carbocycles. The molecule has 1 fully saturated rings. The zero-order valence-corrected chi connectivity index (χ0v) is 14.1. The van der Waals surface area contributed by atoms with Crippen molar-refractivity contribution in [2.24, 2.45) is 10.8 Å². The molecule has 0 saturated heterocycles. The van der Waals surface area contributed by atoms with Crippen molar-refractivity contribution in [1.29, 1.82) is 0 Å². The maximum Gasteiger partial charge on any atom is 0.313 e. The minimum atomic E-state index is -0.441. The second kappa shape index (κ2) is 6.93. The molecule has 0 aromatic rings. The van der Waals surface area contributed by atoms with Gasteiger partial charge in [0.15, 0.2) is 0 Å². The third-order valence-corrected chi connectivity index (χ3v) is 4.61. The van der Waals surface area contributed by atoms with Gasteiger partial charge in [-0.05, 0) is 47.0 Å². The maximum atomic E-state index is 12.4. The first-order valence-corrected chi connectivity index (χ1v) is 8.08. The molecule has 0 amide bonds. The average Bonchev–Trinajstić information content (AvgIpc) is 2.38. The summed E-state index contributed by atoms with van der Waals surface area (Å²) in [5, 5.41) is 0. The van der Waals surface area contributed by atoms with E-state index in [9.17, 15) is 4.79 Å². The van der Waals surface area contributed by atoms with Gasteiger partial charge in [0, 0.05) is 5.41 Å². The summed E-state index contributed by atoms with van der Waals surface area (Å²) in [6, 6.07) is 0. The van der Waals surface area contributed by atoms with E-state index in [1.165, 1.54) is 19.3 Å². The molecule has 3 heteroatoms. The number of carbonyl (C=O) groups excluding carboxylic acids is 1. The van der Waals surface area contributed by atoms with Gasteiger partial charge in [-0.15, -0.1) is 0 Å². The summed E-state index contributed by atoms with van der Waals surface area (Å²) in [6.07, 6.45) is 6.24. The van der Waals surface area contributed by atoms with Crippen LogP contribution in [0.15, 0.2) is 0 Å². The highest BCUT2D eigenvalue weighted by molar-refractivity contribution is 5.75. The molecule has 1 unspecified atom stereocenters. The van der Waals surface area contributed by atoms with E-state index in [0.29, 0.717) is 0 Å². The molecule has 20 heavy (non-hydrogen) atoms. The smallest absolute Gasteiger partial charge is 0.313 e. The van der Waals surface area contributed by atoms with Gasteiger partial charge < -0.3 is 9.47 Å². The van der Waals surface area contributed by atoms with Crippen molar-refractivity contribution < 1.29 is 14.3 Å². The van der Waals surface area contributed by atoms with Gasteiger partial charge >= 0.3 is 5.97 Å². The predicted octanol–water partition coefficient (Wildman–Crippen LogP) is 4.69. The molecule has 0 spiro atoms. The van der Waals surface area contributed by atoms with Crippen LogP contribution < -0.4 is 0 Å². The van der Waals surface area contributed by atoms with Crippen LogP contribution in [0.2, 0.25) is 0 Å². The van der Waals surface area contributed by atoms with Crippen LogP contribution in [0, 0.1) is 10.8 Å². The van der Waals surface area contributed by atoms with Crippen molar-refractivity contribution in [3.8, 4) is 0 Å². The van der Waals surface area contributed by atoms with Crippen LogP contribution in [0.1, 0.15) is 80.1 Å². The van der Waals surface area contributed by atoms with Crippen LogP contribution >= 0.6 is 0 Å². The van der Waals surface area contributed by atoms with Crippen molar-refractivity contribution in [1.82, 2.24) is 0 Å². The number of hydrogen-bond donors (Lipinski definition) is 0. The van der Waals surface area contributed by atoms with Gasteiger partial charge in [0.1, 0.15) is 0 Å². The molecule has 0 aromatic carbocycles. The largest absolute Gasteiger partial charge is 0.435 e. The van der Waals surface area contributed by atoms with Gasteiger partial charge in [-0.25, -0.2) is 0 Å². The molecule has 1 atom stereocenters. The van der Waals surface area contributed by atoms with E-state index in [1.54, 1.807) is 0 Å². The first kappa shape index (κ1) is 17.5. The monoisotopic (exact) mass is 284 g/mol.